The number of hydrogen-bond acceptors (Lipinski definition) is 2. The summed E-state index contributed by atoms with van der Waals surface area (Å²) in [5, 5.41) is 0. The summed E-state index contributed by atoms with van der Waals surface area (Å²) >= 11 is 0. The molecular formula is C22H38O2. The molecule has 6 atom stereocenters. The van der Waals surface area contributed by atoms with Gasteiger partial charge in [-0.3, -0.25) is 4.79 Å². The van der Waals surface area contributed by atoms with Crippen molar-refractivity contribution in [1.82, 2.24) is 0 Å². The molecule has 0 aromatic carbocycles. The number of esters is 1. The van der Waals surface area contributed by atoms with Crippen LogP contribution in [0.25, 0.3) is 0 Å². The standard InChI is InChI=1S/C22H38O2/c1-8-22(17-10-15-9-16(12-17)18(22)11-15)24-19(23)21(7,13-14(2)3)20(4,5)6/h14-18H,8-13H2,1-7H3. The van der Waals surface area contributed by atoms with Crippen molar-refractivity contribution in [2.75, 3.05) is 0 Å². The third kappa shape index (κ3) is 2.54. The molecule has 0 spiro atoms. The normalized spacial score (nSPS) is 40.2. The van der Waals surface area contributed by atoms with Gasteiger partial charge in [-0.25, -0.2) is 0 Å². The largest absolute Gasteiger partial charge is 0.458 e. The summed E-state index contributed by atoms with van der Waals surface area (Å²) in [6, 6.07) is 0. The van der Waals surface area contributed by atoms with Gasteiger partial charge in [0, 0.05) is 5.92 Å². The topological polar surface area (TPSA) is 26.3 Å². The predicted molar refractivity (Wildman–Crippen MR) is 98.6 cm³/mol. The highest BCUT2D eigenvalue weighted by atomic mass is 16.6. The lowest BCUT2D eigenvalue weighted by Crippen LogP contribution is -2.52. The van der Waals surface area contributed by atoms with Crippen molar-refractivity contribution in [2.45, 2.75) is 92.6 Å². The van der Waals surface area contributed by atoms with Crippen molar-refractivity contribution in [2.24, 2.45) is 40.4 Å². The average molecular weight is 335 g/mol. The number of carbonyl (C=O) groups excluding carboxylic acids is 1. The Labute approximate surface area is 149 Å². The molecule has 0 N–H and O–H groups in total. The highest BCUT2D eigenvalue weighted by Crippen LogP contribution is 2.65. The van der Waals surface area contributed by atoms with Crippen molar-refractivity contribution >= 4 is 5.97 Å². The SMILES string of the molecule is CCC1(OC(=O)C(C)(CC(C)C)C(C)(C)C)C2CC3CC(C2)C1C3. The number of carbonyl (C=O) groups is 1. The average Bonchev–Trinajstić information content (AvgIpc) is 2.86. The van der Waals surface area contributed by atoms with Crippen LogP contribution in [0.2, 0.25) is 0 Å². The predicted octanol–water partition coefficient (Wildman–Crippen LogP) is 5.84. The quantitative estimate of drug-likeness (QED) is 0.590. The first-order valence-corrected chi connectivity index (χ1v) is 10.3. The van der Waals surface area contributed by atoms with Crippen LogP contribution in [-0.4, -0.2) is 11.6 Å². The van der Waals surface area contributed by atoms with Crippen LogP contribution in [-0.2, 0) is 9.53 Å². The van der Waals surface area contributed by atoms with Crippen LogP contribution >= 0.6 is 0 Å². The van der Waals surface area contributed by atoms with E-state index in [2.05, 4.69) is 48.5 Å². The highest BCUT2D eigenvalue weighted by molar-refractivity contribution is 5.78. The first kappa shape index (κ1) is 18.3. The van der Waals surface area contributed by atoms with Crippen LogP contribution in [0.1, 0.15) is 87.0 Å². The molecule has 4 rings (SSSR count). The molecule has 0 aliphatic heterocycles. The zero-order valence-corrected chi connectivity index (χ0v) is 16.9. The molecular weight excluding hydrogens is 296 g/mol. The summed E-state index contributed by atoms with van der Waals surface area (Å²) in [6.45, 7) is 15.4. The molecule has 2 nitrogen and oxygen atoms in total. The second kappa shape index (κ2) is 5.74. The van der Waals surface area contributed by atoms with Crippen LogP contribution in [0.5, 0.6) is 0 Å². The Bertz CT molecular complexity index is 499. The summed E-state index contributed by atoms with van der Waals surface area (Å²) < 4.78 is 6.57. The van der Waals surface area contributed by atoms with E-state index in [4.69, 9.17) is 4.74 Å². The molecule has 0 heterocycles. The Morgan fingerprint density at radius 2 is 1.79 bits per heavy atom. The van der Waals surface area contributed by atoms with Gasteiger partial charge < -0.3 is 4.74 Å². The van der Waals surface area contributed by atoms with E-state index in [1.165, 1.54) is 25.7 Å². The molecule has 4 aliphatic carbocycles. The van der Waals surface area contributed by atoms with E-state index in [1.807, 2.05) is 0 Å². The minimum absolute atomic E-state index is 0.0709. The Kier molecular flexibility index (Phi) is 4.37. The Morgan fingerprint density at radius 3 is 2.29 bits per heavy atom. The molecule has 4 saturated carbocycles. The van der Waals surface area contributed by atoms with Gasteiger partial charge in [-0.2, -0.15) is 0 Å². The minimum Gasteiger partial charge on any atom is -0.458 e. The molecule has 6 unspecified atom stereocenters. The van der Waals surface area contributed by atoms with Crippen LogP contribution in [0.15, 0.2) is 0 Å². The van der Waals surface area contributed by atoms with E-state index < -0.39 is 5.41 Å². The summed E-state index contributed by atoms with van der Waals surface area (Å²) in [7, 11) is 0. The van der Waals surface area contributed by atoms with Crippen LogP contribution in [0.4, 0.5) is 0 Å². The maximum Gasteiger partial charge on any atom is 0.312 e. The van der Waals surface area contributed by atoms with Gasteiger partial charge >= 0.3 is 5.97 Å². The third-order valence-electron chi connectivity index (χ3n) is 8.07. The minimum atomic E-state index is -0.414. The molecule has 24 heavy (non-hydrogen) atoms. The first-order valence-electron chi connectivity index (χ1n) is 10.3. The molecule has 0 amide bonds. The molecule has 0 aromatic rings. The van der Waals surface area contributed by atoms with Gasteiger partial charge in [0.05, 0.1) is 5.41 Å². The van der Waals surface area contributed by atoms with Crippen LogP contribution < -0.4 is 0 Å². The van der Waals surface area contributed by atoms with Crippen molar-refractivity contribution in [3.8, 4) is 0 Å². The zero-order valence-electron chi connectivity index (χ0n) is 16.9. The van der Waals surface area contributed by atoms with E-state index in [1.54, 1.807) is 0 Å². The fourth-order valence-electron chi connectivity index (χ4n) is 6.44. The molecule has 0 aromatic heterocycles. The van der Waals surface area contributed by atoms with Crippen LogP contribution in [0, 0.1) is 40.4 Å². The van der Waals surface area contributed by atoms with E-state index >= 15 is 0 Å². The summed E-state index contributed by atoms with van der Waals surface area (Å²) in [5.74, 6) is 3.57. The van der Waals surface area contributed by atoms with Crippen molar-refractivity contribution in [3.05, 3.63) is 0 Å². The fraction of sp³-hybridized carbons (Fsp3) is 0.955. The summed E-state index contributed by atoms with van der Waals surface area (Å²) in [5.41, 5.74) is -0.652. The summed E-state index contributed by atoms with van der Waals surface area (Å²) in [6.07, 6.45) is 7.20. The lowest BCUT2D eigenvalue weighted by atomic mass is 9.63. The van der Waals surface area contributed by atoms with E-state index in [9.17, 15) is 4.79 Å². The molecule has 0 saturated heterocycles. The Hall–Kier alpha value is -0.530. The van der Waals surface area contributed by atoms with Gasteiger partial charge in [0.15, 0.2) is 0 Å². The monoisotopic (exact) mass is 334 g/mol. The summed E-state index contributed by atoms with van der Waals surface area (Å²) in [4.78, 5) is 13.5. The molecule has 4 fully saturated rings. The lowest BCUT2D eigenvalue weighted by Gasteiger charge is -2.48. The number of ether oxygens (including phenoxy) is 1. The number of hydrogen-bond donors (Lipinski definition) is 0. The second-order valence-corrected chi connectivity index (χ2v) is 10.8. The van der Waals surface area contributed by atoms with Crippen LogP contribution in [0.3, 0.4) is 0 Å². The molecule has 0 radical (unpaired) electrons. The molecule has 138 valence electrons. The van der Waals surface area contributed by atoms with Gasteiger partial charge in [-0.15, -0.1) is 0 Å². The zero-order chi connectivity index (χ0) is 17.9. The maximum atomic E-state index is 13.5. The van der Waals surface area contributed by atoms with Gasteiger partial charge in [-0.1, -0.05) is 41.5 Å². The highest BCUT2D eigenvalue weighted by Gasteiger charge is 2.64. The third-order valence-corrected chi connectivity index (χ3v) is 8.07. The molecule has 4 aliphatic rings. The number of rotatable bonds is 5. The van der Waals surface area contributed by atoms with Crippen molar-refractivity contribution < 1.29 is 9.53 Å². The molecule has 4 bridgehead atoms. The van der Waals surface area contributed by atoms with Gasteiger partial charge in [-0.05, 0) is 74.5 Å². The smallest absolute Gasteiger partial charge is 0.312 e. The van der Waals surface area contributed by atoms with E-state index in [0.717, 1.165) is 24.7 Å². The van der Waals surface area contributed by atoms with E-state index in [0.29, 0.717) is 17.8 Å². The fourth-order valence-corrected chi connectivity index (χ4v) is 6.44. The van der Waals surface area contributed by atoms with Gasteiger partial charge in [0.2, 0.25) is 0 Å². The first-order chi connectivity index (χ1) is 11.0. The van der Waals surface area contributed by atoms with Crippen molar-refractivity contribution in [1.29, 1.82) is 0 Å². The maximum absolute atomic E-state index is 13.5. The second-order valence-electron chi connectivity index (χ2n) is 10.8. The van der Waals surface area contributed by atoms with Gasteiger partial charge in [0.25, 0.3) is 0 Å². The lowest BCUT2D eigenvalue weighted by molar-refractivity contribution is -0.194. The molecule has 2 heteroatoms. The Morgan fingerprint density at radius 1 is 1.12 bits per heavy atom. The van der Waals surface area contributed by atoms with E-state index in [-0.39, 0.29) is 17.0 Å². The van der Waals surface area contributed by atoms with Crippen molar-refractivity contribution in [3.63, 3.8) is 0 Å². The van der Waals surface area contributed by atoms with Gasteiger partial charge in [0.1, 0.15) is 5.60 Å². The Balaban J connectivity index is 1.87.